The lowest BCUT2D eigenvalue weighted by Crippen LogP contribution is -2.62. The van der Waals surface area contributed by atoms with Gasteiger partial charge in [0.1, 0.15) is 0 Å². The SMILES string of the molecule is CC1(C)[C@@]2(C)CC[C@]1(C(=O)NN)C2. The minimum Gasteiger partial charge on any atom is -0.294 e. The van der Waals surface area contributed by atoms with Crippen molar-refractivity contribution in [1.82, 2.24) is 5.43 Å². The fraction of sp³-hybridized carbons (Fsp3) is 0.900. The van der Waals surface area contributed by atoms with Gasteiger partial charge < -0.3 is 0 Å². The summed E-state index contributed by atoms with van der Waals surface area (Å²) in [5, 5.41) is 0. The Morgan fingerprint density at radius 1 is 1.31 bits per heavy atom. The number of hydrogen-bond donors (Lipinski definition) is 2. The largest absolute Gasteiger partial charge is 0.294 e. The molecule has 13 heavy (non-hydrogen) atoms. The molecule has 3 fully saturated rings. The summed E-state index contributed by atoms with van der Waals surface area (Å²) in [5.41, 5.74) is 2.62. The number of fused-ring (bicyclic) bond motifs is 1. The average molecular weight is 182 g/mol. The van der Waals surface area contributed by atoms with Gasteiger partial charge >= 0.3 is 0 Å². The summed E-state index contributed by atoms with van der Waals surface area (Å²) in [6.07, 6.45) is 3.17. The van der Waals surface area contributed by atoms with Gasteiger partial charge in [-0.3, -0.25) is 10.2 Å². The van der Waals surface area contributed by atoms with Gasteiger partial charge in [0.15, 0.2) is 0 Å². The first kappa shape index (κ1) is 9.00. The fourth-order valence-corrected chi connectivity index (χ4v) is 3.49. The second-order valence-electron chi connectivity index (χ2n) is 5.42. The summed E-state index contributed by atoms with van der Waals surface area (Å²) in [6.45, 7) is 6.67. The summed E-state index contributed by atoms with van der Waals surface area (Å²) < 4.78 is 0. The minimum absolute atomic E-state index is 0.0347. The Morgan fingerprint density at radius 2 is 1.92 bits per heavy atom. The van der Waals surface area contributed by atoms with Crippen molar-refractivity contribution in [2.24, 2.45) is 22.1 Å². The number of rotatable bonds is 1. The monoisotopic (exact) mass is 182 g/mol. The normalized spacial score (nSPS) is 45.5. The molecule has 3 nitrogen and oxygen atoms in total. The lowest BCUT2D eigenvalue weighted by atomic mass is 9.43. The Morgan fingerprint density at radius 3 is 2.23 bits per heavy atom. The standard InChI is InChI=1S/C10H18N2O/c1-8(2)9(3)4-5-10(8,6-9)7(13)12-11/h4-6,11H2,1-3H3,(H,12,13)/t9-,10+/m0/s1. The van der Waals surface area contributed by atoms with Gasteiger partial charge in [0.2, 0.25) is 5.91 Å². The zero-order valence-corrected chi connectivity index (χ0v) is 8.61. The molecule has 0 radical (unpaired) electrons. The minimum atomic E-state index is -0.170. The van der Waals surface area contributed by atoms with Gasteiger partial charge in [-0.25, -0.2) is 5.84 Å². The predicted molar refractivity (Wildman–Crippen MR) is 50.5 cm³/mol. The van der Waals surface area contributed by atoms with Gasteiger partial charge in [-0.15, -0.1) is 0 Å². The number of nitrogens with two attached hydrogens (primary N) is 1. The van der Waals surface area contributed by atoms with Crippen LogP contribution in [0.4, 0.5) is 0 Å². The van der Waals surface area contributed by atoms with E-state index >= 15 is 0 Å². The quantitative estimate of drug-likeness (QED) is 0.363. The highest BCUT2D eigenvalue weighted by molar-refractivity contribution is 5.85. The highest BCUT2D eigenvalue weighted by Crippen LogP contribution is 2.77. The smallest absolute Gasteiger partial charge is 0.240 e. The number of hydrogen-bond acceptors (Lipinski definition) is 2. The van der Waals surface area contributed by atoms with E-state index in [2.05, 4.69) is 26.2 Å². The first-order chi connectivity index (χ1) is 5.90. The van der Waals surface area contributed by atoms with E-state index in [1.807, 2.05) is 0 Å². The highest BCUT2D eigenvalue weighted by Gasteiger charge is 2.74. The van der Waals surface area contributed by atoms with Crippen LogP contribution in [0.5, 0.6) is 0 Å². The van der Waals surface area contributed by atoms with E-state index in [-0.39, 0.29) is 16.7 Å². The predicted octanol–water partition coefficient (Wildman–Crippen LogP) is 1.19. The summed E-state index contributed by atoms with van der Waals surface area (Å²) in [6, 6.07) is 0. The van der Waals surface area contributed by atoms with Crippen molar-refractivity contribution < 1.29 is 4.79 Å². The number of carbonyl (C=O) groups excluding carboxylic acids is 1. The highest BCUT2D eigenvalue weighted by atomic mass is 16.2. The lowest BCUT2D eigenvalue weighted by Gasteiger charge is -2.60. The second-order valence-corrected chi connectivity index (χ2v) is 5.42. The van der Waals surface area contributed by atoms with Crippen LogP contribution in [-0.2, 0) is 4.79 Å². The zero-order chi connectivity index (χ0) is 9.91. The van der Waals surface area contributed by atoms with Gasteiger partial charge in [0.25, 0.3) is 0 Å². The Balaban J connectivity index is 2.35. The molecule has 3 saturated carbocycles. The van der Waals surface area contributed by atoms with Crippen LogP contribution < -0.4 is 11.3 Å². The van der Waals surface area contributed by atoms with E-state index in [0.29, 0.717) is 5.41 Å². The van der Waals surface area contributed by atoms with Crippen LogP contribution in [0.25, 0.3) is 0 Å². The number of carbonyl (C=O) groups is 1. The van der Waals surface area contributed by atoms with E-state index in [0.717, 1.165) is 19.3 Å². The molecule has 3 heteroatoms. The van der Waals surface area contributed by atoms with Gasteiger partial charge in [-0.2, -0.15) is 0 Å². The van der Waals surface area contributed by atoms with Gasteiger partial charge in [-0.05, 0) is 30.1 Å². The first-order valence-corrected chi connectivity index (χ1v) is 4.91. The third-order valence-electron chi connectivity index (χ3n) is 5.07. The van der Waals surface area contributed by atoms with Crippen molar-refractivity contribution in [2.45, 2.75) is 40.0 Å². The van der Waals surface area contributed by atoms with E-state index in [9.17, 15) is 4.79 Å². The molecule has 3 rings (SSSR count). The molecular weight excluding hydrogens is 164 g/mol. The molecule has 0 aromatic heterocycles. The third-order valence-corrected chi connectivity index (χ3v) is 5.07. The van der Waals surface area contributed by atoms with Crippen molar-refractivity contribution in [3.8, 4) is 0 Å². The molecular formula is C10H18N2O. The van der Waals surface area contributed by atoms with E-state index < -0.39 is 0 Å². The van der Waals surface area contributed by atoms with Crippen LogP contribution >= 0.6 is 0 Å². The van der Waals surface area contributed by atoms with E-state index in [1.54, 1.807) is 0 Å². The first-order valence-electron chi connectivity index (χ1n) is 4.91. The maximum atomic E-state index is 11.7. The Kier molecular flexibility index (Phi) is 1.44. The molecule has 3 aliphatic carbocycles. The van der Waals surface area contributed by atoms with Crippen LogP contribution in [-0.4, -0.2) is 5.91 Å². The van der Waals surface area contributed by atoms with Crippen molar-refractivity contribution in [2.75, 3.05) is 0 Å². The number of nitrogens with one attached hydrogen (secondary N) is 1. The molecule has 0 aliphatic heterocycles. The second kappa shape index (κ2) is 2.08. The Labute approximate surface area is 79.0 Å². The van der Waals surface area contributed by atoms with Crippen LogP contribution in [0.15, 0.2) is 0 Å². The maximum absolute atomic E-state index is 11.7. The molecule has 0 aromatic carbocycles. The molecule has 0 saturated heterocycles. The molecule has 0 unspecified atom stereocenters. The summed E-state index contributed by atoms with van der Waals surface area (Å²) in [4.78, 5) is 11.7. The molecule has 0 aromatic rings. The summed E-state index contributed by atoms with van der Waals surface area (Å²) >= 11 is 0. The van der Waals surface area contributed by atoms with Crippen LogP contribution in [0.2, 0.25) is 0 Å². The summed E-state index contributed by atoms with van der Waals surface area (Å²) in [7, 11) is 0. The molecule has 1 amide bonds. The number of hydrazine groups is 1. The van der Waals surface area contributed by atoms with E-state index in [1.165, 1.54) is 0 Å². The van der Waals surface area contributed by atoms with Crippen molar-refractivity contribution in [1.29, 1.82) is 0 Å². The van der Waals surface area contributed by atoms with Crippen molar-refractivity contribution in [3.63, 3.8) is 0 Å². The van der Waals surface area contributed by atoms with Gasteiger partial charge in [0, 0.05) is 0 Å². The van der Waals surface area contributed by atoms with Crippen LogP contribution in [0.1, 0.15) is 40.0 Å². The Hall–Kier alpha value is -0.570. The molecule has 3 N–H and O–H groups in total. The molecule has 2 atom stereocenters. The van der Waals surface area contributed by atoms with Crippen molar-refractivity contribution in [3.05, 3.63) is 0 Å². The van der Waals surface area contributed by atoms with Gasteiger partial charge in [-0.1, -0.05) is 20.8 Å². The molecule has 0 spiro atoms. The fourth-order valence-electron chi connectivity index (χ4n) is 3.49. The molecule has 2 bridgehead atoms. The Bertz CT molecular complexity index is 274. The average Bonchev–Trinajstić information content (AvgIpc) is 2.54. The maximum Gasteiger partial charge on any atom is 0.240 e. The van der Waals surface area contributed by atoms with Crippen LogP contribution in [0.3, 0.4) is 0 Å². The number of amides is 1. The molecule has 0 heterocycles. The molecule has 74 valence electrons. The molecule has 3 aliphatic rings. The zero-order valence-electron chi connectivity index (χ0n) is 8.61. The summed E-state index contributed by atoms with van der Waals surface area (Å²) in [5.74, 6) is 5.26. The topological polar surface area (TPSA) is 55.1 Å². The van der Waals surface area contributed by atoms with E-state index in [4.69, 9.17) is 5.84 Å². The third kappa shape index (κ3) is 0.688. The van der Waals surface area contributed by atoms with Crippen molar-refractivity contribution >= 4 is 5.91 Å². The van der Waals surface area contributed by atoms with Gasteiger partial charge in [0.05, 0.1) is 5.41 Å². The van der Waals surface area contributed by atoms with Crippen LogP contribution in [0, 0.1) is 16.2 Å². The lowest BCUT2D eigenvalue weighted by molar-refractivity contribution is -0.166.